The van der Waals surface area contributed by atoms with E-state index < -0.39 is 11.9 Å². The third kappa shape index (κ3) is 3.25. The second-order valence-electron chi connectivity index (χ2n) is 5.34. The number of morpholine rings is 1. The van der Waals surface area contributed by atoms with Crippen LogP contribution >= 0.6 is 0 Å². The quantitative estimate of drug-likeness (QED) is 0.760. The van der Waals surface area contributed by atoms with Crippen LogP contribution in [0.5, 0.6) is 0 Å². The van der Waals surface area contributed by atoms with Gasteiger partial charge in [0.1, 0.15) is 0 Å². The van der Waals surface area contributed by atoms with Crippen LogP contribution in [0.2, 0.25) is 0 Å². The van der Waals surface area contributed by atoms with Crippen molar-refractivity contribution in [2.24, 2.45) is 11.8 Å². The fourth-order valence-electron chi connectivity index (χ4n) is 2.97. The summed E-state index contributed by atoms with van der Waals surface area (Å²) in [6, 6.07) is -0.286. The Balaban J connectivity index is 1.99. The first-order valence-corrected chi connectivity index (χ1v) is 6.85. The highest BCUT2D eigenvalue weighted by Gasteiger charge is 2.36. The summed E-state index contributed by atoms with van der Waals surface area (Å²) in [6.45, 7) is 1.22. The Morgan fingerprint density at radius 1 is 1.26 bits per heavy atom. The predicted octanol–water partition coefficient (Wildman–Crippen LogP) is 0.0971. The molecule has 108 valence electrons. The van der Waals surface area contributed by atoms with Crippen molar-refractivity contribution in [3.05, 3.63) is 0 Å². The number of aliphatic hydroxyl groups is 1. The highest BCUT2D eigenvalue weighted by Crippen LogP contribution is 2.31. The van der Waals surface area contributed by atoms with Gasteiger partial charge < -0.3 is 19.8 Å². The summed E-state index contributed by atoms with van der Waals surface area (Å²) in [5.41, 5.74) is 0. The summed E-state index contributed by atoms with van der Waals surface area (Å²) >= 11 is 0. The maximum absolute atomic E-state index is 12.5. The van der Waals surface area contributed by atoms with Gasteiger partial charge in [-0.1, -0.05) is 6.42 Å². The van der Waals surface area contributed by atoms with E-state index in [1.807, 2.05) is 0 Å². The van der Waals surface area contributed by atoms with Crippen LogP contribution in [0, 0.1) is 11.8 Å². The second kappa shape index (κ2) is 6.34. The molecule has 0 bridgehead atoms. The molecule has 1 saturated heterocycles. The lowest BCUT2D eigenvalue weighted by Crippen LogP contribution is -2.53. The minimum Gasteiger partial charge on any atom is -0.481 e. The highest BCUT2D eigenvalue weighted by atomic mass is 16.5. The van der Waals surface area contributed by atoms with Crippen LogP contribution in [0.3, 0.4) is 0 Å². The lowest BCUT2D eigenvalue weighted by molar-refractivity contribution is -0.150. The minimum absolute atomic E-state index is 0.0201. The number of ether oxygens (including phenoxy) is 1. The molecule has 1 aliphatic heterocycles. The van der Waals surface area contributed by atoms with Gasteiger partial charge in [-0.2, -0.15) is 0 Å². The van der Waals surface area contributed by atoms with Gasteiger partial charge in [0, 0.05) is 12.5 Å². The molecule has 0 aromatic rings. The monoisotopic (exact) mass is 271 g/mol. The predicted molar refractivity (Wildman–Crippen MR) is 66.5 cm³/mol. The number of aliphatic hydroxyl groups excluding tert-OH is 1. The third-order valence-corrected chi connectivity index (χ3v) is 4.09. The molecule has 1 amide bonds. The Hall–Kier alpha value is -1.14. The molecule has 0 radical (unpaired) electrons. The maximum Gasteiger partial charge on any atom is 0.306 e. The van der Waals surface area contributed by atoms with Crippen molar-refractivity contribution >= 4 is 11.9 Å². The molecule has 2 fully saturated rings. The Kier molecular flexibility index (Phi) is 4.76. The molecule has 0 spiro atoms. The van der Waals surface area contributed by atoms with Gasteiger partial charge in [0.2, 0.25) is 5.91 Å². The van der Waals surface area contributed by atoms with Crippen LogP contribution in [0.15, 0.2) is 0 Å². The van der Waals surface area contributed by atoms with Crippen LogP contribution in [0.25, 0.3) is 0 Å². The number of amides is 1. The molecular weight excluding hydrogens is 250 g/mol. The number of carbonyl (C=O) groups is 2. The Morgan fingerprint density at radius 3 is 2.68 bits per heavy atom. The molecule has 3 unspecified atom stereocenters. The van der Waals surface area contributed by atoms with Crippen LogP contribution < -0.4 is 0 Å². The van der Waals surface area contributed by atoms with Gasteiger partial charge in [0.15, 0.2) is 0 Å². The first-order chi connectivity index (χ1) is 9.13. The average Bonchev–Trinajstić information content (AvgIpc) is 2.46. The van der Waals surface area contributed by atoms with Crippen LogP contribution in [0.1, 0.15) is 25.7 Å². The molecule has 1 saturated carbocycles. The van der Waals surface area contributed by atoms with Crippen LogP contribution in [-0.2, 0) is 14.3 Å². The number of hydrogen-bond donors (Lipinski definition) is 2. The SMILES string of the molecule is O=C(O)C1CCCC(C(=O)N2CCOCC2CO)C1. The van der Waals surface area contributed by atoms with Crippen molar-refractivity contribution in [2.75, 3.05) is 26.4 Å². The first kappa shape index (κ1) is 14.3. The molecule has 2 aliphatic rings. The van der Waals surface area contributed by atoms with E-state index in [9.17, 15) is 14.7 Å². The summed E-state index contributed by atoms with van der Waals surface area (Å²) in [5.74, 6) is -1.45. The van der Waals surface area contributed by atoms with E-state index in [0.717, 1.165) is 12.8 Å². The first-order valence-electron chi connectivity index (χ1n) is 6.85. The van der Waals surface area contributed by atoms with Gasteiger partial charge in [-0.25, -0.2) is 0 Å². The molecule has 3 atom stereocenters. The average molecular weight is 271 g/mol. The number of nitrogens with zero attached hydrogens (tertiary/aromatic N) is 1. The van der Waals surface area contributed by atoms with E-state index >= 15 is 0 Å². The number of carboxylic acid groups (broad SMARTS) is 1. The lowest BCUT2D eigenvalue weighted by atomic mass is 9.80. The summed E-state index contributed by atoms with van der Waals surface area (Å²) in [6.07, 6.45) is 2.61. The van der Waals surface area contributed by atoms with E-state index in [4.69, 9.17) is 9.84 Å². The molecule has 2 rings (SSSR count). The van der Waals surface area contributed by atoms with E-state index in [0.29, 0.717) is 32.6 Å². The Bertz CT molecular complexity index is 346. The fraction of sp³-hybridized carbons (Fsp3) is 0.846. The van der Waals surface area contributed by atoms with Gasteiger partial charge >= 0.3 is 5.97 Å². The lowest BCUT2D eigenvalue weighted by Gasteiger charge is -2.38. The molecular formula is C13H21NO5. The number of carboxylic acids is 1. The zero-order valence-electron chi connectivity index (χ0n) is 11.0. The third-order valence-electron chi connectivity index (χ3n) is 4.09. The summed E-state index contributed by atoms with van der Waals surface area (Å²) < 4.78 is 5.25. The van der Waals surface area contributed by atoms with Gasteiger partial charge in [-0.05, 0) is 19.3 Å². The van der Waals surface area contributed by atoms with Crippen molar-refractivity contribution in [3.63, 3.8) is 0 Å². The highest BCUT2D eigenvalue weighted by molar-refractivity contribution is 5.80. The Labute approximate surface area is 112 Å². The largest absolute Gasteiger partial charge is 0.481 e. The Morgan fingerprint density at radius 2 is 2.00 bits per heavy atom. The van der Waals surface area contributed by atoms with Crippen LogP contribution in [-0.4, -0.2) is 59.4 Å². The van der Waals surface area contributed by atoms with E-state index in [2.05, 4.69) is 0 Å². The number of carbonyl (C=O) groups excluding carboxylic acids is 1. The van der Waals surface area contributed by atoms with Crippen molar-refractivity contribution in [3.8, 4) is 0 Å². The normalized spacial score (nSPS) is 32.1. The van der Waals surface area contributed by atoms with Gasteiger partial charge in [-0.3, -0.25) is 9.59 Å². The van der Waals surface area contributed by atoms with Gasteiger partial charge in [-0.15, -0.1) is 0 Å². The zero-order valence-corrected chi connectivity index (χ0v) is 11.0. The van der Waals surface area contributed by atoms with Crippen molar-refractivity contribution in [2.45, 2.75) is 31.7 Å². The van der Waals surface area contributed by atoms with Crippen molar-refractivity contribution < 1.29 is 24.5 Å². The summed E-state index contributed by atoms with van der Waals surface area (Å²) in [5, 5.41) is 18.3. The molecule has 6 heteroatoms. The molecule has 0 aromatic heterocycles. The second-order valence-corrected chi connectivity index (χ2v) is 5.34. The van der Waals surface area contributed by atoms with Crippen molar-refractivity contribution in [1.82, 2.24) is 4.90 Å². The molecule has 6 nitrogen and oxygen atoms in total. The van der Waals surface area contributed by atoms with Crippen LogP contribution in [0.4, 0.5) is 0 Å². The molecule has 19 heavy (non-hydrogen) atoms. The van der Waals surface area contributed by atoms with Crippen molar-refractivity contribution in [1.29, 1.82) is 0 Å². The number of aliphatic carboxylic acids is 1. The van der Waals surface area contributed by atoms with E-state index in [1.165, 1.54) is 0 Å². The van der Waals surface area contributed by atoms with E-state index in [1.54, 1.807) is 4.90 Å². The minimum atomic E-state index is -0.807. The smallest absolute Gasteiger partial charge is 0.306 e. The fourth-order valence-corrected chi connectivity index (χ4v) is 2.97. The topological polar surface area (TPSA) is 87.1 Å². The maximum atomic E-state index is 12.5. The van der Waals surface area contributed by atoms with Gasteiger partial charge in [0.05, 0.1) is 31.8 Å². The molecule has 1 heterocycles. The van der Waals surface area contributed by atoms with E-state index in [-0.39, 0.29) is 24.5 Å². The molecule has 0 aromatic carbocycles. The standard InChI is InChI=1S/C13H21NO5/c15-7-11-8-19-5-4-14(11)12(16)9-2-1-3-10(6-9)13(17)18/h9-11,15H,1-8H2,(H,17,18). The molecule has 1 aliphatic carbocycles. The number of rotatable bonds is 3. The summed E-state index contributed by atoms with van der Waals surface area (Å²) in [7, 11) is 0. The summed E-state index contributed by atoms with van der Waals surface area (Å²) in [4.78, 5) is 25.2. The zero-order chi connectivity index (χ0) is 13.8. The van der Waals surface area contributed by atoms with Gasteiger partial charge in [0.25, 0.3) is 0 Å². The number of hydrogen-bond acceptors (Lipinski definition) is 4. The molecule has 2 N–H and O–H groups in total.